The summed E-state index contributed by atoms with van der Waals surface area (Å²) >= 11 is 0. The second-order valence-electron chi connectivity index (χ2n) is 4.93. The highest BCUT2D eigenvalue weighted by Crippen LogP contribution is 2.32. The molecule has 0 saturated carbocycles. The predicted octanol–water partition coefficient (Wildman–Crippen LogP) is 3.90. The van der Waals surface area contributed by atoms with Crippen molar-refractivity contribution in [2.45, 2.75) is 6.92 Å². The Hall–Kier alpha value is -2.75. The molecule has 0 unspecified atom stereocenters. The van der Waals surface area contributed by atoms with E-state index in [4.69, 9.17) is 9.15 Å². The maximum atomic E-state index is 12.3. The molecule has 1 aromatic heterocycles. The SMILES string of the molecule is CCNc1ccc(OC)c(-c2cc3ccccc3oc2=O)c1. The van der Waals surface area contributed by atoms with Crippen molar-refractivity contribution in [2.24, 2.45) is 0 Å². The molecule has 4 heteroatoms. The van der Waals surface area contributed by atoms with Crippen LogP contribution < -0.4 is 15.7 Å². The Morgan fingerprint density at radius 3 is 2.68 bits per heavy atom. The van der Waals surface area contributed by atoms with E-state index >= 15 is 0 Å². The molecule has 0 aliphatic heterocycles. The van der Waals surface area contributed by atoms with Crippen LogP contribution in [0.1, 0.15) is 6.92 Å². The molecule has 0 bridgehead atoms. The third kappa shape index (κ3) is 2.55. The van der Waals surface area contributed by atoms with Crippen molar-refractivity contribution in [3.05, 3.63) is 59.0 Å². The molecular weight excluding hydrogens is 278 g/mol. The Morgan fingerprint density at radius 1 is 1.09 bits per heavy atom. The van der Waals surface area contributed by atoms with Crippen molar-refractivity contribution < 1.29 is 9.15 Å². The predicted molar refractivity (Wildman–Crippen MR) is 88.6 cm³/mol. The summed E-state index contributed by atoms with van der Waals surface area (Å²) in [5.74, 6) is 0.643. The first-order valence-corrected chi connectivity index (χ1v) is 7.18. The molecule has 0 amide bonds. The number of anilines is 1. The molecule has 1 heterocycles. The molecule has 1 N–H and O–H groups in total. The number of nitrogens with one attached hydrogen (secondary N) is 1. The van der Waals surface area contributed by atoms with Crippen molar-refractivity contribution in [1.82, 2.24) is 0 Å². The van der Waals surface area contributed by atoms with Crippen LogP contribution in [-0.2, 0) is 0 Å². The van der Waals surface area contributed by atoms with E-state index in [2.05, 4.69) is 5.32 Å². The lowest BCUT2D eigenvalue weighted by molar-refractivity contribution is 0.416. The Morgan fingerprint density at radius 2 is 1.91 bits per heavy atom. The monoisotopic (exact) mass is 295 g/mol. The zero-order valence-corrected chi connectivity index (χ0v) is 12.6. The summed E-state index contributed by atoms with van der Waals surface area (Å²) in [6, 6.07) is 15.0. The average Bonchev–Trinajstić information content (AvgIpc) is 2.54. The number of benzene rings is 2. The van der Waals surface area contributed by atoms with Gasteiger partial charge in [-0.15, -0.1) is 0 Å². The summed E-state index contributed by atoms with van der Waals surface area (Å²) in [5.41, 5.74) is 2.37. The molecule has 3 aromatic rings. The van der Waals surface area contributed by atoms with Gasteiger partial charge in [0.25, 0.3) is 0 Å². The molecule has 4 nitrogen and oxygen atoms in total. The summed E-state index contributed by atoms with van der Waals surface area (Å²) in [6.45, 7) is 2.83. The third-order valence-electron chi connectivity index (χ3n) is 3.51. The van der Waals surface area contributed by atoms with Gasteiger partial charge in [-0.25, -0.2) is 4.79 Å². The van der Waals surface area contributed by atoms with Crippen LogP contribution >= 0.6 is 0 Å². The summed E-state index contributed by atoms with van der Waals surface area (Å²) in [7, 11) is 1.59. The van der Waals surface area contributed by atoms with Gasteiger partial charge in [0, 0.05) is 23.2 Å². The quantitative estimate of drug-likeness (QED) is 0.742. The molecule has 0 aliphatic carbocycles. The lowest BCUT2D eigenvalue weighted by Crippen LogP contribution is -2.05. The second-order valence-corrected chi connectivity index (χ2v) is 4.93. The number of ether oxygens (including phenoxy) is 1. The number of fused-ring (bicyclic) bond motifs is 1. The maximum absolute atomic E-state index is 12.3. The summed E-state index contributed by atoms with van der Waals surface area (Å²) in [5, 5.41) is 4.12. The van der Waals surface area contributed by atoms with Crippen molar-refractivity contribution >= 4 is 16.7 Å². The van der Waals surface area contributed by atoms with E-state index in [9.17, 15) is 4.79 Å². The topological polar surface area (TPSA) is 51.5 Å². The number of methoxy groups -OCH3 is 1. The van der Waals surface area contributed by atoms with Crippen LogP contribution in [0.4, 0.5) is 5.69 Å². The molecule has 0 saturated heterocycles. The molecular formula is C18H17NO3. The lowest BCUT2D eigenvalue weighted by Gasteiger charge is -2.11. The van der Waals surface area contributed by atoms with Crippen LogP contribution in [0, 0.1) is 0 Å². The van der Waals surface area contributed by atoms with Crippen molar-refractivity contribution in [3.63, 3.8) is 0 Å². The van der Waals surface area contributed by atoms with Crippen LogP contribution in [-0.4, -0.2) is 13.7 Å². The second kappa shape index (κ2) is 5.93. The van der Waals surface area contributed by atoms with Gasteiger partial charge in [-0.05, 0) is 37.3 Å². The first-order chi connectivity index (χ1) is 10.7. The number of rotatable bonds is 4. The smallest absolute Gasteiger partial charge is 0.344 e. The van der Waals surface area contributed by atoms with E-state index in [0.717, 1.165) is 23.2 Å². The van der Waals surface area contributed by atoms with E-state index in [1.54, 1.807) is 13.2 Å². The van der Waals surface area contributed by atoms with E-state index in [1.165, 1.54) is 0 Å². The Bertz CT molecular complexity index is 868. The molecule has 2 aromatic carbocycles. The Labute approximate surface area is 128 Å². The fourth-order valence-electron chi connectivity index (χ4n) is 2.48. The van der Waals surface area contributed by atoms with Crippen molar-refractivity contribution in [1.29, 1.82) is 0 Å². The van der Waals surface area contributed by atoms with Crippen molar-refractivity contribution in [3.8, 4) is 16.9 Å². The molecule has 0 aliphatic rings. The number of para-hydroxylation sites is 1. The fourth-order valence-corrected chi connectivity index (χ4v) is 2.48. The highest BCUT2D eigenvalue weighted by Gasteiger charge is 2.13. The Balaban J connectivity index is 2.23. The standard InChI is InChI=1S/C18H17NO3/c1-3-19-13-8-9-17(21-2)14(11-13)15-10-12-6-4-5-7-16(12)22-18(15)20/h4-11,19H,3H2,1-2H3. The van der Waals surface area contributed by atoms with Gasteiger partial charge in [0.15, 0.2) is 0 Å². The van der Waals surface area contributed by atoms with E-state index < -0.39 is 0 Å². The van der Waals surface area contributed by atoms with Crippen LogP contribution in [0.5, 0.6) is 5.75 Å². The summed E-state index contributed by atoms with van der Waals surface area (Å²) in [4.78, 5) is 12.3. The fraction of sp³-hybridized carbons (Fsp3) is 0.167. The van der Waals surface area contributed by atoms with E-state index in [-0.39, 0.29) is 5.63 Å². The minimum Gasteiger partial charge on any atom is -0.496 e. The van der Waals surface area contributed by atoms with Crippen LogP contribution in [0.15, 0.2) is 57.7 Å². The zero-order valence-electron chi connectivity index (χ0n) is 12.6. The summed E-state index contributed by atoms with van der Waals surface area (Å²) < 4.78 is 10.8. The largest absolute Gasteiger partial charge is 0.496 e. The van der Waals surface area contributed by atoms with Gasteiger partial charge in [-0.1, -0.05) is 18.2 Å². The van der Waals surface area contributed by atoms with Gasteiger partial charge >= 0.3 is 5.63 Å². The van der Waals surface area contributed by atoms with Gasteiger partial charge in [-0.3, -0.25) is 0 Å². The van der Waals surface area contributed by atoms with Gasteiger partial charge in [-0.2, -0.15) is 0 Å². The van der Waals surface area contributed by atoms with Gasteiger partial charge in [0.1, 0.15) is 11.3 Å². The van der Waals surface area contributed by atoms with Gasteiger partial charge in [0.2, 0.25) is 0 Å². The molecule has 112 valence electrons. The Kier molecular flexibility index (Phi) is 3.83. The summed E-state index contributed by atoms with van der Waals surface area (Å²) in [6.07, 6.45) is 0. The van der Waals surface area contributed by atoms with Crippen LogP contribution in [0.2, 0.25) is 0 Å². The van der Waals surface area contributed by atoms with Gasteiger partial charge in [0.05, 0.1) is 12.7 Å². The molecule has 0 fully saturated rings. The van der Waals surface area contributed by atoms with Crippen LogP contribution in [0.3, 0.4) is 0 Å². The molecule has 0 radical (unpaired) electrons. The van der Waals surface area contributed by atoms with Crippen LogP contribution in [0.25, 0.3) is 22.1 Å². The molecule has 0 spiro atoms. The maximum Gasteiger partial charge on any atom is 0.344 e. The average molecular weight is 295 g/mol. The number of hydrogen-bond acceptors (Lipinski definition) is 4. The van der Waals surface area contributed by atoms with E-state index in [1.807, 2.05) is 49.4 Å². The number of hydrogen-bond donors (Lipinski definition) is 1. The molecule has 22 heavy (non-hydrogen) atoms. The van der Waals surface area contributed by atoms with E-state index in [0.29, 0.717) is 16.9 Å². The lowest BCUT2D eigenvalue weighted by atomic mass is 10.0. The minimum absolute atomic E-state index is 0.370. The zero-order chi connectivity index (χ0) is 15.5. The van der Waals surface area contributed by atoms with Gasteiger partial charge < -0.3 is 14.5 Å². The highest BCUT2D eigenvalue weighted by atomic mass is 16.5. The highest BCUT2D eigenvalue weighted by molar-refractivity contribution is 5.84. The minimum atomic E-state index is -0.370. The first kappa shape index (κ1) is 14.2. The molecule has 0 atom stereocenters. The normalized spacial score (nSPS) is 10.6. The van der Waals surface area contributed by atoms with Crippen molar-refractivity contribution in [2.75, 3.05) is 19.0 Å². The molecule has 3 rings (SSSR count). The first-order valence-electron chi connectivity index (χ1n) is 7.18. The third-order valence-corrected chi connectivity index (χ3v) is 3.51.